The minimum Gasteiger partial charge on any atom is -0.495 e. The molecule has 0 saturated carbocycles. The third kappa shape index (κ3) is 3.84. The van der Waals surface area contributed by atoms with Crippen LogP contribution in [0.3, 0.4) is 0 Å². The maximum atomic E-state index is 12.5. The number of morpholine rings is 1. The van der Waals surface area contributed by atoms with Crippen molar-refractivity contribution in [1.82, 2.24) is 4.90 Å². The highest BCUT2D eigenvalue weighted by atomic mass is 16.5. The first-order valence-corrected chi connectivity index (χ1v) is 9.53. The zero-order chi connectivity index (χ0) is 18.7. The van der Waals surface area contributed by atoms with E-state index in [0.29, 0.717) is 6.54 Å². The quantitative estimate of drug-likeness (QED) is 0.834. The fraction of sp³-hybridized carbons (Fsp3) is 0.409. The number of benzene rings is 2. The van der Waals surface area contributed by atoms with Gasteiger partial charge in [-0.3, -0.25) is 9.69 Å². The van der Waals surface area contributed by atoms with Crippen molar-refractivity contribution < 1.29 is 14.3 Å². The van der Waals surface area contributed by atoms with Crippen LogP contribution in [0.5, 0.6) is 5.75 Å². The number of carbonyl (C=O) groups excluding carboxylic acids is 1. The number of para-hydroxylation sites is 2. The molecule has 0 bridgehead atoms. The second-order valence-electron chi connectivity index (χ2n) is 7.39. The highest BCUT2D eigenvalue weighted by Gasteiger charge is 2.43. The molecule has 2 aromatic carbocycles. The van der Waals surface area contributed by atoms with Crippen molar-refractivity contribution in [2.45, 2.75) is 25.0 Å². The molecule has 1 amide bonds. The lowest BCUT2D eigenvalue weighted by Crippen LogP contribution is -2.58. The van der Waals surface area contributed by atoms with E-state index in [1.54, 1.807) is 7.11 Å². The molecule has 2 heterocycles. The monoisotopic (exact) mass is 366 g/mol. The molecule has 142 valence electrons. The second-order valence-corrected chi connectivity index (χ2v) is 7.39. The Morgan fingerprint density at radius 2 is 1.74 bits per heavy atom. The fourth-order valence-corrected chi connectivity index (χ4v) is 4.05. The first-order chi connectivity index (χ1) is 13.2. The SMILES string of the molecule is COc1ccccc1N1CC2(CCN(Cc3ccccc3)CC2)OCC1=O. The molecular weight excluding hydrogens is 340 g/mol. The second kappa shape index (κ2) is 7.71. The zero-order valence-electron chi connectivity index (χ0n) is 15.8. The van der Waals surface area contributed by atoms with E-state index in [1.807, 2.05) is 35.2 Å². The van der Waals surface area contributed by atoms with E-state index in [9.17, 15) is 4.79 Å². The van der Waals surface area contributed by atoms with Gasteiger partial charge in [0.05, 0.1) is 24.9 Å². The molecule has 4 rings (SSSR count). The average molecular weight is 366 g/mol. The van der Waals surface area contributed by atoms with Gasteiger partial charge in [-0.1, -0.05) is 42.5 Å². The van der Waals surface area contributed by atoms with Crippen LogP contribution >= 0.6 is 0 Å². The smallest absolute Gasteiger partial charge is 0.253 e. The molecular formula is C22H26N2O3. The van der Waals surface area contributed by atoms with Gasteiger partial charge in [0, 0.05) is 19.6 Å². The number of hydrogen-bond acceptors (Lipinski definition) is 4. The molecule has 2 aromatic rings. The number of hydrogen-bond donors (Lipinski definition) is 0. The molecule has 5 heteroatoms. The van der Waals surface area contributed by atoms with Gasteiger partial charge in [0.1, 0.15) is 12.4 Å². The number of amides is 1. The van der Waals surface area contributed by atoms with Crippen molar-refractivity contribution in [2.75, 3.05) is 38.3 Å². The van der Waals surface area contributed by atoms with Crippen LogP contribution in [0.2, 0.25) is 0 Å². The molecule has 0 N–H and O–H groups in total. The van der Waals surface area contributed by atoms with Crippen molar-refractivity contribution in [3.8, 4) is 5.75 Å². The summed E-state index contributed by atoms with van der Waals surface area (Å²) in [5.74, 6) is 0.723. The molecule has 2 aliphatic rings. The number of ether oxygens (including phenoxy) is 2. The Balaban J connectivity index is 1.44. The van der Waals surface area contributed by atoms with Crippen LogP contribution in [0.25, 0.3) is 0 Å². The minimum atomic E-state index is -0.262. The standard InChI is InChI=1S/C22H26N2O3/c1-26-20-10-6-5-9-19(20)24-17-22(27-16-21(24)25)11-13-23(14-12-22)15-18-7-3-2-4-8-18/h2-10H,11-17H2,1H3. The molecule has 0 unspecified atom stereocenters. The molecule has 1 spiro atoms. The van der Waals surface area contributed by atoms with Gasteiger partial charge in [0.15, 0.2) is 0 Å². The summed E-state index contributed by atoms with van der Waals surface area (Å²) in [6, 6.07) is 18.3. The van der Waals surface area contributed by atoms with Gasteiger partial charge in [0.25, 0.3) is 5.91 Å². The van der Waals surface area contributed by atoms with Crippen LogP contribution < -0.4 is 9.64 Å². The van der Waals surface area contributed by atoms with Gasteiger partial charge < -0.3 is 14.4 Å². The van der Waals surface area contributed by atoms with Crippen LogP contribution in [-0.4, -0.2) is 49.8 Å². The van der Waals surface area contributed by atoms with Crippen molar-refractivity contribution in [2.24, 2.45) is 0 Å². The highest BCUT2D eigenvalue weighted by Crippen LogP contribution is 2.36. The predicted molar refractivity (Wildman–Crippen MR) is 105 cm³/mol. The number of rotatable bonds is 4. The van der Waals surface area contributed by atoms with Crippen molar-refractivity contribution in [3.05, 3.63) is 60.2 Å². The summed E-state index contributed by atoms with van der Waals surface area (Å²) in [6.07, 6.45) is 1.86. The van der Waals surface area contributed by atoms with Gasteiger partial charge in [-0.25, -0.2) is 0 Å². The lowest BCUT2D eigenvalue weighted by Gasteiger charge is -2.47. The first kappa shape index (κ1) is 18.0. The van der Waals surface area contributed by atoms with Gasteiger partial charge in [-0.2, -0.15) is 0 Å². The van der Waals surface area contributed by atoms with E-state index in [4.69, 9.17) is 9.47 Å². The fourth-order valence-electron chi connectivity index (χ4n) is 4.05. The zero-order valence-corrected chi connectivity index (χ0v) is 15.8. The van der Waals surface area contributed by atoms with Gasteiger partial charge >= 0.3 is 0 Å². The normalized spacial score (nSPS) is 20.0. The number of methoxy groups -OCH3 is 1. The van der Waals surface area contributed by atoms with Crippen LogP contribution in [0, 0.1) is 0 Å². The van der Waals surface area contributed by atoms with E-state index in [1.165, 1.54) is 5.56 Å². The van der Waals surface area contributed by atoms with Crippen LogP contribution in [0.1, 0.15) is 18.4 Å². The third-order valence-electron chi connectivity index (χ3n) is 5.64. The Kier molecular flexibility index (Phi) is 5.14. The van der Waals surface area contributed by atoms with Crippen molar-refractivity contribution in [1.29, 1.82) is 0 Å². The Morgan fingerprint density at radius 3 is 2.48 bits per heavy atom. The van der Waals surface area contributed by atoms with Crippen LogP contribution in [0.4, 0.5) is 5.69 Å². The lowest BCUT2D eigenvalue weighted by atomic mass is 9.88. The largest absolute Gasteiger partial charge is 0.495 e. The Morgan fingerprint density at radius 1 is 1.04 bits per heavy atom. The number of carbonyl (C=O) groups is 1. The number of anilines is 1. The summed E-state index contributed by atoms with van der Waals surface area (Å²) >= 11 is 0. The summed E-state index contributed by atoms with van der Waals surface area (Å²) in [4.78, 5) is 16.8. The molecule has 0 aliphatic carbocycles. The average Bonchev–Trinajstić information content (AvgIpc) is 2.72. The lowest BCUT2D eigenvalue weighted by molar-refractivity contribution is -0.145. The summed E-state index contributed by atoms with van der Waals surface area (Å²) in [6.45, 7) is 3.64. The number of likely N-dealkylation sites (tertiary alicyclic amines) is 1. The van der Waals surface area contributed by atoms with E-state index in [2.05, 4.69) is 29.2 Å². The third-order valence-corrected chi connectivity index (χ3v) is 5.64. The van der Waals surface area contributed by atoms with Crippen molar-refractivity contribution >= 4 is 11.6 Å². The van der Waals surface area contributed by atoms with Gasteiger partial charge in [-0.05, 0) is 30.5 Å². The highest BCUT2D eigenvalue weighted by molar-refractivity contribution is 5.96. The van der Waals surface area contributed by atoms with Gasteiger partial charge in [0.2, 0.25) is 0 Å². The Labute approximate surface area is 160 Å². The molecule has 5 nitrogen and oxygen atoms in total. The maximum absolute atomic E-state index is 12.5. The van der Waals surface area contributed by atoms with Crippen molar-refractivity contribution in [3.63, 3.8) is 0 Å². The van der Waals surface area contributed by atoms with Gasteiger partial charge in [-0.15, -0.1) is 0 Å². The topological polar surface area (TPSA) is 42.0 Å². The predicted octanol–water partition coefficient (Wildman–Crippen LogP) is 3.09. The van der Waals surface area contributed by atoms with E-state index in [-0.39, 0.29) is 18.1 Å². The molecule has 27 heavy (non-hydrogen) atoms. The van der Waals surface area contributed by atoms with Crippen LogP contribution in [0.15, 0.2) is 54.6 Å². The van der Waals surface area contributed by atoms with E-state index >= 15 is 0 Å². The summed E-state index contributed by atoms with van der Waals surface area (Å²) in [7, 11) is 1.64. The molecule has 2 saturated heterocycles. The Bertz CT molecular complexity index is 785. The maximum Gasteiger partial charge on any atom is 0.253 e. The summed E-state index contributed by atoms with van der Waals surface area (Å²) in [5, 5.41) is 0. The molecule has 0 radical (unpaired) electrons. The summed E-state index contributed by atoms with van der Waals surface area (Å²) < 4.78 is 11.5. The number of piperidine rings is 1. The molecule has 0 atom stereocenters. The Hall–Kier alpha value is -2.37. The van der Waals surface area contributed by atoms with Crippen LogP contribution in [-0.2, 0) is 16.1 Å². The van der Waals surface area contributed by atoms with E-state index in [0.717, 1.165) is 43.9 Å². The minimum absolute atomic E-state index is 0.00293. The summed E-state index contributed by atoms with van der Waals surface area (Å²) in [5.41, 5.74) is 1.91. The molecule has 2 fully saturated rings. The molecule has 2 aliphatic heterocycles. The molecule has 0 aromatic heterocycles. The first-order valence-electron chi connectivity index (χ1n) is 9.53. The number of nitrogens with zero attached hydrogens (tertiary/aromatic N) is 2. The van der Waals surface area contributed by atoms with E-state index < -0.39 is 0 Å².